The summed E-state index contributed by atoms with van der Waals surface area (Å²) in [4.78, 5) is 1.10. The van der Waals surface area contributed by atoms with E-state index in [4.69, 9.17) is 0 Å². The van der Waals surface area contributed by atoms with Gasteiger partial charge in [-0.1, -0.05) is 6.92 Å². The third kappa shape index (κ3) is 1.24. The highest BCUT2D eigenvalue weighted by molar-refractivity contribution is 9.10. The second-order valence-electron chi connectivity index (χ2n) is 3.64. The summed E-state index contributed by atoms with van der Waals surface area (Å²) in [5.74, 6) is 0.670. The van der Waals surface area contributed by atoms with E-state index in [1.165, 1.54) is 0 Å². The van der Waals surface area contributed by atoms with Crippen LogP contribution in [0.2, 0.25) is 0 Å². The van der Waals surface area contributed by atoms with Crippen LogP contribution in [0, 0.1) is 5.92 Å². The van der Waals surface area contributed by atoms with E-state index in [0.29, 0.717) is 5.92 Å². The van der Waals surface area contributed by atoms with E-state index in [1.807, 2.05) is 11.4 Å². The molecule has 1 nitrogen and oxygen atoms in total. The molecule has 1 N–H and O–H groups in total. The van der Waals surface area contributed by atoms with Crippen LogP contribution < -0.4 is 0 Å². The Morgan fingerprint density at radius 3 is 2.75 bits per heavy atom. The van der Waals surface area contributed by atoms with Crippen LogP contribution >= 0.6 is 27.3 Å². The first-order valence-electron chi connectivity index (χ1n) is 4.08. The maximum absolute atomic E-state index is 10.1. The number of hydrogen-bond donors (Lipinski definition) is 1. The van der Waals surface area contributed by atoms with E-state index < -0.39 is 5.60 Å². The minimum absolute atomic E-state index is 0.521. The summed E-state index contributed by atoms with van der Waals surface area (Å²) in [5, 5.41) is 12.1. The lowest BCUT2D eigenvalue weighted by Crippen LogP contribution is -2.39. The van der Waals surface area contributed by atoms with E-state index in [0.717, 1.165) is 22.2 Å². The highest BCUT2D eigenvalue weighted by Gasteiger charge is 2.43. The monoisotopic (exact) mass is 246 g/mol. The second-order valence-corrected chi connectivity index (χ2v) is 5.41. The number of rotatable bonds is 1. The Labute approximate surface area is 84.6 Å². The summed E-state index contributed by atoms with van der Waals surface area (Å²) in [5.41, 5.74) is -0.521. The molecule has 1 heterocycles. The molecule has 1 fully saturated rings. The average molecular weight is 247 g/mol. The third-order valence-corrected chi connectivity index (χ3v) is 4.44. The van der Waals surface area contributed by atoms with Gasteiger partial charge in [0.2, 0.25) is 0 Å². The molecule has 1 aliphatic rings. The molecule has 1 aromatic rings. The van der Waals surface area contributed by atoms with Crippen molar-refractivity contribution in [3.05, 3.63) is 20.8 Å². The molecule has 0 spiro atoms. The Morgan fingerprint density at radius 1 is 1.67 bits per heavy atom. The molecule has 2 rings (SSSR count). The van der Waals surface area contributed by atoms with E-state index >= 15 is 0 Å². The maximum atomic E-state index is 10.1. The van der Waals surface area contributed by atoms with Crippen molar-refractivity contribution in [3.63, 3.8) is 0 Å². The standard InChI is InChI=1S/C9H11BrOS/c1-6-4-9(11,5-6)8-7(10)2-3-12-8/h2-3,6,11H,4-5H2,1H3. The van der Waals surface area contributed by atoms with Gasteiger partial charge in [-0.25, -0.2) is 0 Å². The van der Waals surface area contributed by atoms with Crippen molar-refractivity contribution in [2.75, 3.05) is 0 Å². The zero-order valence-electron chi connectivity index (χ0n) is 6.88. The van der Waals surface area contributed by atoms with Crippen LogP contribution in [-0.2, 0) is 5.60 Å². The average Bonchev–Trinajstić information content (AvgIpc) is 2.32. The van der Waals surface area contributed by atoms with Crippen molar-refractivity contribution in [1.82, 2.24) is 0 Å². The van der Waals surface area contributed by atoms with Gasteiger partial charge in [0.05, 0.1) is 4.88 Å². The van der Waals surface area contributed by atoms with Gasteiger partial charge in [-0.15, -0.1) is 11.3 Å². The molecule has 0 saturated heterocycles. The van der Waals surface area contributed by atoms with Crippen molar-refractivity contribution >= 4 is 27.3 Å². The zero-order valence-corrected chi connectivity index (χ0v) is 9.28. The lowest BCUT2D eigenvalue weighted by molar-refractivity contribution is -0.0712. The molecule has 0 atom stereocenters. The Balaban J connectivity index is 2.26. The number of hydrogen-bond acceptors (Lipinski definition) is 2. The highest BCUT2D eigenvalue weighted by Crippen LogP contribution is 2.49. The van der Waals surface area contributed by atoms with Crippen LogP contribution in [0.3, 0.4) is 0 Å². The first-order valence-corrected chi connectivity index (χ1v) is 5.75. The normalized spacial score (nSPS) is 34.8. The van der Waals surface area contributed by atoms with Gasteiger partial charge >= 0.3 is 0 Å². The summed E-state index contributed by atoms with van der Waals surface area (Å²) in [7, 11) is 0. The first kappa shape index (κ1) is 8.73. The van der Waals surface area contributed by atoms with Gasteiger partial charge in [-0.2, -0.15) is 0 Å². The first-order chi connectivity index (χ1) is 5.62. The van der Waals surface area contributed by atoms with Crippen LogP contribution in [0.5, 0.6) is 0 Å². The van der Waals surface area contributed by atoms with Crippen molar-refractivity contribution in [2.24, 2.45) is 5.92 Å². The molecule has 0 bridgehead atoms. The van der Waals surface area contributed by atoms with Crippen LogP contribution in [0.4, 0.5) is 0 Å². The number of thiophene rings is 1. The molecule has 66 valence electrons. The molecule has 0 radical (unpaired) electrons. The minimum atomic E-state index is -0.521. The summed E-state index contributed by atoms with van der Waals surface area (Å²) in [6.07, 6.45) is 1.82. The molecule has 0 unspecified atom stereocenters. The minimum Gasteiger partial charge on any atom is -0.384 e. The fraction of sp³-hybridized carbons (Fsp3) is 0.556. The van der Waals surface area contributed by atoms with Crippen LogP contribution in [0.15, 0.2) is 15.9 Å². The summed E-state index contributed by atoms with van der Waals surface area (Å²) in [6.45, 7) is 2.18. The summed E-state index contributed by atoms with van der Waals surface area (Å²) >= 11 is 5.08. The Morgan fingerprint density at radius 2 is 2.33 bits per heavy atom. The quantitative estimate of drug-likeness (QED) is 0.808. The topological polar surface area (TPSA) is 20.2 Å². The van der Waals surface area contributed by atoms with Gasteiger partial charge in [0, 0.05) is 4.47 Å². The number of halogens is 1. The van der Waals surface area contributed by atoms with Gasteiger partial charge in [-0.3, -0.25) is 0 Å². The molecule has 0 aromatic carbocycles. The van der Waals surface area contributed by atoms with Crippen LogP contribution in [-0.4, -0.2) is 5.11 Å². The van der Waals surface area contributed by atoms with Gasteiger partial charge in [0.15, 0.2) is 0 Å². The summed E-state index contributed by atoms with van der Waals surface area (Å²) in [6, 6.07) is 2.00. The van der Waals surface area contributed by atoms with E-state index in [2.05, 4.69) is 22.9 Å². The maximum Gasteiger partial charge on any atom is 0.100 e. The molecule has 1 saturated carbocycles. The lowest BCUT2D eigenvalue weighted by Gasteiger charge is -2.41. The lowest BCUT2D eigenvalue weighted by atomic mass is 9.71. The summed E-state index contributed by atoms with van der Waals surface area (Å²) < 4.78 is 1.06. The molecular formula is C9H11BrOS. The van der Waals surface area contributed by atoms with Gasteiger partial charge < -0.3 is 5.11 Å². The number of aliphatic hydroxyl groups is 1. The van der Waals surface area contributed by atoms with Crippen molar-refractivity contribution in [1.29, 1.82) is 0 Å². The molecule has 1 aromatic heterocycles. The van der Waals surface area contributed by atoms with Crippen LogP contribution in [0.1, 0.15) is 24.6 Å². The van der Waals surface area contributed by atoms with Crippen molar-refractivity contribution in [3.8, 4) is 0 Å². The largest absolute Gasteiger partial charge is 0.384 e. The van der Waals surface area contributed by atoms with Gasteiger partial charge in [0.25, 0.3) is 0 Å². The molecule has 0 aliphatic heterocycles. The Kier molecular flexibility index (Phi) is 2.05. The molecule has 12 heavy (non-hydrogen) atoms. The Bertz CT molecular complexity index is 288. The smallest absolute Gasteiger partial charge is 0.100 e. The Hall–Kier alpha value is 0.140. The van der Waals surface area contributed by atoms with E-state index in [1.54, 1.807) is 11.3 Å². The van der Waals surface area contributed by atoms with Crippen molar-refractivity contribution < 1.29 is 5.11 Å². The zero-order chi connectivity index (χ0) is 8.77. The third-order valence-electron chi connectivity index (χ3n) is 2.41. The fourth-order valence-corrected chi connectivity index (χ4v) is 3.77. The molecule has 0 amide bonds. The van der Waals surface area contributed by atoms with E-state index in [9.17, 15) is 5.11 Å². The predicted molar refractivity (Wildman–Crippen MR) is 54.3 cm³/mol. The molecule has 1 aliphatic carbocycles. The molecular weight excluding hydrogens is 236 g/mol. The predicted octanol–water partition coefficient (Wildman–Crippen LogP) is 3.13. The molecule has 3 heteroatoms. The van der Waals surface area contributed by atoms with Crippen molar-refractivity contribution in [2.45, 2.75) is 25.4 Å². The SMILES string of the molecule is CC1CC(O)(c2sccc2Br)C1. The van der Waals surface area contributed by atoms with Crippen LogP contribution in [0.25, 0.3) is 0 Å². The highest BCUT2D eigenvalue weighted by atomic mass is 79.9. The van der Waals surface area contributed by atoms with E-state index in [-0.39, 0.29) is 0 Å². The van der Waals surface area contributed by atoms with Gasteiger partial charge in [-0.05, 0) is 46.1 Å². The fourth-order valence-electron chi connectivity index (χ4n) is 1.90. The van der Waals surface area contributed by atoms with Gasteiger partial charge in [0.1, 0.15) is 5.60 Å². The second kappa shape index (κ2) is 2.82.